The van der Waals surface area contributed by atoms with Gasteiger partial charge in [0.2, 0.25) is 0 Å². The van der Waals surface area contributed by atoms with Gasteiger partial charge in [0.1, 0.15) is 0 Å². The number of nitrogens with zero attached hydrogens (tertiary/aromatic N) is 2. The Kier molecular flexibility index (Phi) is 6.32. The van der Waals surface area contributed by atoms with Crippen molar-refractivity contribution in [2.45, 2.75) is 40.2 Å². The summed E-state index contributed by atoms with van der Waals surface area (Å²) in [7, 11) is 0. The maximum absolute atomic E-state index is 12.8. The molecule has 1 aliphatic heterocycles. The van der Waals surface area contributed by atoms with Gasteiger partial charge in [-0.15, -0.1) is 0 Å². The number of hydrogen-bond acceptors (Lipinski definition) is 6. The van der Waals surface area contributed by atoms with E-state index in [9.17, 15) is 14.4 Å². The minimum absolute atomic E-state index is 0.0493. The number of aromatic amines is 1. The summed E-state index contributed by atoms with van der Waals surface area (Å²) in [6.45, 7) is 7.57. The molecule has 9 heteroatoms. The summed E-state index contributed by atoms with van der Waals surface area (Å²) in [5.74, 6) is 0.537. The molecule has 0 saturated heterocycles. The Balaban J connectivity index is 1.91. The van der Waals surface area contributed by atoms with Gasteiger partial charge >= 0.3 is 154 Å². The van der Waals surface area contributed by atoms with Crippen LogP contribution in [-0.4, -0.2) is 51.0 Å². The fraction of sp³-hybridized carbons (Fsp3) is 0.300. The van der Waals surface area contributed by atoms with E-state index in [4.69, 9.17) is 0 Å². The molecular weight excluding hydrogens is 565 g/mol. The predicted octanol–water partition coefficient (Wildman–Crippen LogP) is 1.32. The van der Waals surface area contributed by atoms with Gasteiger partial charge in [0.25, 0.3) is 0 Å². The first-order chi connectivity index (χ1) is 13.7. The third-order valence-corrected chi connectivity index (χ3v) is 6.11. The fourth-order valence-corrected chi connectivity index (χ4v) is 3.78. The number of H-pyrrole nitrogens is 1. The molecule has 0 spiro atoms. The number of hydrogen-bond donors (Lipinski definition) is 3. The van der Waals surface area contributed by atoms with Crippen molar-refractivity contribution in [2.24, 2.45) is 0 Å². The molecule has 0 aliphatic carbocycles. The van der Waals surface area contributed by atoms with Crippen molar-refractivity contribution in [3.8, 4) is 0 Å². The molecule has 1 amide bonds. The Hall–Kier alpha value is -2.34. The van der Waals surface area contributed by atoms with Crippen molar-refractivity contribution < 1.29 is 9.59 Å². The SMILES string of the molecule is CCc1c(C)nc(N2NC(C)C(C)=C2NC(=O)c2ccc([C](=O)[Pb])cc2)[nH]c1=O. The fourth-order valence-electron chi connectivity index (χ4n) is 3.13. The zero-order chi connectivity index (χ0) is 21.3. The van der Waals surface area contributed by atoms with Gasteiger partial charge in [-0.3, -0.25) is 4.79 Å². The second-order valence-corrected chi connectivity index (χ2v) is 8.65. The Morgan fingerprint density at radius 3 is 2.38 bits per heavy atom. The first kappa shape index (κ1) is 21.4. The number of aryl methyl sites for hydroxylation is 1. The Bertz CT molecular complexity index is 1060. The van der Waals surface area contributed by atoms with Gasteiger partial charge in [-0.1, -0.05) is 6.92 Å². The van der Waals surface area contributed by atoms with E-state index < -0.39 is 0 Å². The van der Waals surface area contributed by atoms with Crippen LogP contribution in [0.1, 0.15) is 52.7 Å². The molecule has 149 valence electrons. The molecule has 1 aromatic heterocycles. The number of benzene rings is 1. The third kappa shape index (κ3) is 4.32. The summed E-state index contributed by atoms with van der Waals surface area (Å²) < 4.78 is 0.0800. The van der Waals surface area contributed by atoms with Crippen molar-refractivity contribution in [1.82, 2.24) is 20.7 Å². The molecule has 0 saturated carbocycles. The third-order valence-electron chi connectivity index (χ3n) is 4.99. The first-order valence-corrected chi connectivity index (χ1v) is 11.2. The number of rotatable bonds is 5. The van der Waals surface area contributed by atoms with E-state index in [0.29, 0.717) is 66.3 Å². The molecule has 1 aromatic carbocycles. The van der Waals surface area contributed by atoms with Gasteiger partial charge in [-0.2, -0.15) is 0 Å². The molecule has 1 aliphatic rings. The van der Waals surface area contributed by atoms with Crippen LogP contribution in [0.25, 0.3) is 0 Å². The molecule has 0 bridgehead atoms. The topological polar surface area (TPSA) is 107 Å². The second-order valence-electron chi connectivity index (χ2n) is 6.89. The molecule has 0 fully saturated rings. The maximum atomic E-state index is 12.8. The van der Waals surface area contributed by atoms with E-state index in [2.05, 4.69) is 20.7 Å². The van der Waals surface area contributed by atoms with Gasteiger partial charge in [-0.25, -0.2) is 0 Å². The number of aromatic nitrogens is 2. The summed E-state index contributed by atoms with van der Waals surface area (Å²) >= 11 is 0.435. The van der Waals surface area contributed by atoms with Crippen molar-refractivity contribution in [2.75, 3.05) is 5.01 Å². The Morgan fingerprint density at radius 2 is 1.83 bits per heavy atom. The van der Waals surface area contributed by atoms with Gasteiger partial charge in [-0.05, 0) is 13.3 Å². The van der Waals surface area contributed by atoms with Crippen LogP contribution < -0.4 is 21.3 Å². The van der Waals surface area contributed by atoms with Crippen molar-refractivity contribution in [1.29, 1.82) is 0 Å². The average molecular weight is 588 g/mol. The molecule has 3 rings (SSSR count). The summed E-state index contributed by atoms with van der Waals surface area (Å²) in [6, 6.07) is 6.53. The zero-order valence-corrected chi connectivity index (χ0v) is 20.6. The molecule has 8 nitrogen and oxygen atoms in total. The number of carbonyl (C=O) groups excluding carboxylic acids is 2. The van der Waals surface area contributed by atoms with Gasteiger partial charge in [0.05, 0.1) is 0 Å². The molecule has 3 N–H and O–H groups in total. The summed E-state index contributed by atoms with van der Waals surface area (Å²) in [5.41, 5.74) is 6.27. The predicted molar refractivity (Wildman–Crippen MR) is 111 cm³/mol. The van der Waals surface area contributed by atoms with Crippen molar-refractivity contribution in [3.63, 3.8) is 0 Å². The normalized spacial score (nSPS) is 16.3. The molecule has 2 heterocycles. The van der Waals surface area contributed by atoms with Crippen molar-refractivity contribution >= 4 is 41.0 Å². The Morgan fingerprint density at radius 1 is 1.21 bits per heavy atom. The molecule has 3 radical (unpaired) electrons. The summed E-state index contributed by atoms with van der Waals surface area (Å²) in [6.07, 6.45) is 0.593. The van der Waals surface area contributed by atoms with Crippen LogP contribution >= 0.6 is 0 Å². The summed E-state index contributed by atoms with van der Waals surface area (Å²) in [4.78, 5) is 43.9. The van der Waals surface area contributed by atoms with Crippen LogP contribution in [-0.2, 0) is 6.42 Å². The van der Waals surface area contributed by atoms with Gasteiger partial charge in [0, 0.05) is 5.56 Å². The van der Waals surface area contributed by atoms with Crippen LogP contribution in [0.4, 0.5) is 5.95 Å². The molecule has 29 heavy (non-hydrogen) atoms. The van der Waals surface area contributed by atoms with Crippen LogP contribution in [0.3, 0.4) is 0 Å². The van der Waals surface area contributed by atoms with Gasteiger partial charge < -0.3 is 0 Å². The number of hydrazine groups is 1. The smallest absolute Gasteiger partial charge is 0.269 e. The number of carbonyl (C=O) groups is 2. The average Bonchev–Trinajstić information content (AvgIpc) is 2.96. The van der Waals surface area contributed by atoms with E-state index in [0.717, 1.165) is 5.57 Å². The van der Waals surface area contributed by atoms with E-state index in [1.807, 2.05) is 20.8 Å². The second kappa shape index (κ2) is 8.58. The minimum Gasteiger partial charge on any atom is -0.269 e. The van der Waals surface area contributed by atoms with Crippen LogP contribution in [0, 0.1) is 6.92 Å². The molecule has 1 atom stereocenters. The molecule has 1 unspecified atom stereocenters. The minimum atomic E-state index is -0.308. The van der Waals surface area contributed by atoms with Gasteiger partial charge in [0.15, 0.2) is 0 Å². The number of anilines is 1. The number of nitrogens with one attached hydrogen (secondary N) is 3. The van der Waals surface area contributed by atoms with Crippen LogP contribution in [0.5, 0.6) is 0 Å². The number of amides is 1. The first-order valence-electron chi connectivity index (χ1n) is 9.27. The van der Waals surface area contributed by atoms with E-state index in [-0.39, 0.29) is 20.9 Å². The van der Waals surface area contributed by atoms with E-state index in [1.165, 1.54) is 0 Å². The van der Waals surface area contributed by atoms with E-state index in [1.54, 1.807) is 36.2 Å². The van der Waals surface area contributed by atoms with Crippen LogP contribution in [0.15, 0.2) is 40.5 Å². The zero-order valence-electron chi connectivity index (χ0n) is 16.7. The van der Waals surface area contributed by atoms with E-state index >= 15 is 0 Å². The Labute approximate surface area is 184 Å². The quantitative estimate of drug-likeness (QED) is 0.456. The standard InChI is InChI=1S/C20H22N5O3.Pb/c1-5-16-13(4)21-20(23-19(16)28)25-17(11(2)12(3)24-25)22-18(27)15-8-6-14(10-26)7-9-15;/h6-9,12,24H,5H2,1-4H3,(H,22,27)(H,21,23,28);. The van der Waals surface area contributed by atoms with Crippen molar-refractivity contribution in [3.05, 3.63) is 68.4 Å². The van der Waals surface area contributed by atoms with Crippen LogP contribution in [0.2, 0.25) is 0 Å². The molecular formula is C20H22N5O3Pb. The summed E-state index contributed by atoms with van der Waals surface area (Å²) in [5, 5.41) is 4.50. The molecule has 2 aromatic rings. The monoisotopic (exact) mass is 588 g/mol.